The second-order valence-corrected chi connectivity index (χ2v) is 2.78. The van der Waals surface area contributed by atoms with Crippen molar-refractivity contribution in [2.24, 2.45) is 0 Å². The highest BCUT2D eigenvalue weighted by molar-refractivity contribution is 5.36. The van der Waals surface area contributed by atoms with Crippen molar-refractivity contribution in [2.75, 3.05) is 7.11 Å². The van der Waals surface area contributed by atoms with Gasteiger partial charge in [0.25, 0.3) is 0 Å². The van der Waals surface area contributed by atoms with Gasteiger partial charge in [-0.3, -0.25) is 0 Å². The number of halogens is 1. The largest absolute Gasteiger partial charge is 0.496 e. The molecule has 1 aromatic carbocycles. The first-order valence-corrected chi connectivity index (χ1v) is 4.21. The van der Waals surface area contributed by atoms with Crippen LogP contribution in [0.25, 0.3) is 0 Å². The van der Waals surface area contributed by atoms with Gasteiger partial charge in [0.2, 0.25) is 0 Å². The Bertz CT molecular complexity index is 286. The Morgan fingerprint density at radius 2 is 2.23 bits per heavy atom. The molecular formula is C10H13FO2. The van der Waals surface area contributed by atoms with Crippen LogP contribution in [0.1, 0.15) is 25.0 Å². The summed E-state index contributed by atoms with van der Waals surface area (Å²) in [6.07, 6.45) is -0.326. The first kappa shape index (κ1) is 9.99. The van der Waals surface area contributed by atoms with Gasteiger partial charge in [0.05, 0.1) is 18.8 Å². The van der Waals surface area contributed by atoms with Crippen LogP contribution in [0, 0.1) is 5.82 Å². The number of hydrogen-bond donors (Lipinski definition) is 1. The lowest BCUT2D eigenvalue weighted by molar-refractivity contribution is 0.164. The molecule has 0 unspecified atom stereocenters. The highest BCUT2D eigenvalue weighted by Crippen LogP contribution is 2.29. The summed E-state index contributed by atoms with van der Waals surface area (Å²) < 4.78 is 18.2. The number of aliphatic hydroxyl groups excluding tert-OH is 1. The van der Waals surface area contributed by atoms with Gasteiger partial charge in [-0.25, -0.2) is 4.39 Å². The maximum Gasteiger partial charge on any atom is 0.132 e. The van der Waals surface area contributed by atoms with E-state index in [9.17, 15) is 9.50 Å². The number of benzene rings is 1. The topological polar surface area (TPSA) is 29.5 Å². The SMILES string of the molecule is CC[C@@H](O)c1c(F)cccc1OC. The lowest BCUT2D eigenvalue weighted by Gasteiger charge is -2.13. The normalized spacial score (nSPS) is 12.6. The minimum atomic E-state index is -0.795. The second kappa shape index (κ2) is 4.23. The van der Waals surface area contributed by atoms with Crippen LogP contribution >= 0.6 is 0 Å². The van der Waals surface area contributed by atoms with Gasteiger partial charge in [-0.1, -0.05) is 13.0 Å². The molecule has 0 bridgehead atoms. The van der Waals surface area contributed by atoms with Crippen molar-refractivity contribution in [1.29, 1.82) is 0 Å². The van der Waals surface area contributed by atoms with Gasteiger partial charge in [-0.2, -0.15) is 0 Å². The van der Waals surface area contributed by atoms with E-state index in [1.54, 1.807) is 19.1 Å². The molecule has 0 heterocycles. The molecule has 0 spiro atoms. The van der Waals surface area contributed by atoms with Crippen molar-refractivity contribution in [1.82, 2.24) is 0 Å². The van der Waals surface area contributed by atoms with Crippen LogP contribution in [0.15, 0.2) is 18.2 Å². The average molecular weight is 184 g/mol. The van der Waals surface area contributed by atoms with Crippen molar-refractivity contribution >= 4 is 0 Å². The smallest absolute Gasteiger partial charge is 0.132 e. The molecule has 0 aliphatic rings. The van der Waals surface area contributed by atoms with Crippen LogP contribution in [-0.2, 0) is 0 Å². The summed E-state index contributed by atoms with van der Waals surface area (Å²) in [5.74, 6) is -0.0250. The molecule has 2 nitrogen and oxygen atoms in total. The van der Waals surface area contributed by atoms with Crippen LogP contribution in [0.5, 0.6) is 5.75 Å². The molecule has 0 amide bonds. The maximum absolute atomic E-state index is 13.2. The number of hydrogen-bond acceptors (Lipinski definition) is 2. The molecule has 72 valence electrons. The molecule has 1 atom stereocenters. The van der Waals surface area contributed by atoms with Crippen LogP contribution in [0.2, 0.25) is 0 Å². The highest BCUT2D eigenvalue weighted by Gasteiger charge is 2.15. The molecule has 1 rings (SSSR count). The fourth-order valence-electron chi connectivity index (χ4n) is 1.22. The summed E-state index contributed by atoms with van der Waals surface area (Å²) in [6.45, 7) is 1.79. The molecule has 1 aromatic rings. The molecule has 0 fully saturated rings. The lowest BCUT2D eigenvalue weighted by Crippen LogP contribution is -2.02. The third-order valence-electron chi connectivity index (χ3n) is 1.95. The van der Waals surface area contributed by atoms with Gasteiger partial charge in [0.1, 0.15) is 11.6 Å². The quantitative estimate of drug-likeness (QED) is 0.780. The van der Waals surface area contributed by atoms with E-state index in [2.05, 4.69) is 0 Å². The summed E-state index contributed by atoms with van der Waals surface area (Å²) in [5, 5.41) is 9.50. The molecule has 0 aromatic heterocycles. The second-order valence-electron chi connectivity index (χ2n) is 2.78. The minimum Gasteiger partial charge on any atom is -0.496 e. The van der Waals surface area contributed by atoms with E-state index in [1.165, 1.54) is 13.2 Å². The highest BCUT2D eigenvalue weighted by atomic mass is 19.1. The Balaban J connectivity index is 3.14. The zero-order chi connectivity index (χ0) is 9.84. The molecule has 0 aliphatic heterocycles. The van der Waals surface area contributed by atoms with E-state index >= 15 is 0 Å². The van der Waals surface area contributed by atoms with Crippen LogP contribution in [-0.4, -0.2) is 12.2 Å². The predicted octanol–water partition coefficient (Wildman–Crippen LogP) is 2.28. The average Bonchev–Trinajstić information content (AvgIpc) is 2.16. The summed E-state index contributed by atoms with van der Waals surface area (Å²) >= 11 is 0. The van der Waals surface area contributed by atoms with E-state index in [-0.39, 0.29) is 5.56 Å². The summed E-state index contributed by atoms with van der Waals surface area (Å²) in [7, 11) is 1.46. The first-order valence-electron chi connectivity index (χ1n) is 4.21. The number of rotatable bonds is 3. The molecule has 13 heavy (non-hydrogen) atoms. The van der Waals surface area contributed by atoms with E-state index in [4.69, 9.17) is 4.74 Å². The lowest BCUT2D eigenvalue weighted by atomic mass is 10.1. The maximum atomic E-state index is 13.2. The van der Waals surface area contributed by atoms with Crippen LogP contribution in [0.3, 0.4) is 0 Å². The zero-order valence-corrected chi connectivity index (χ0v) is 7.75. The van der Waals surface area contributed by atoms with Gasteiger partial charge in [0.15, 0.2) is 0 Å². The Morgan fingerprint density at radius 3 is 2.77 bits per heavy atom. The van der Waals surface area contributed by atoms with Gasteiger partial charge < -0.3 is 9.84 Å². The van der Waals surface area contributed by atoms with Crippen molar-refractivity contribution in [2.45, 2.75) is 19.4 Å². The third-order valence-corrected chi connectivity index (χ3v) is 1.95. The number of aliphatic hydroxyl groups is 1. The molecule has 1 N–H and O–H groups in total. The molecule has 0 saturated carbocycles. The summed E-state index contributed by atoms with van der Waals surface area (Å²) in [6, 6.07) is 4.51. The summed E-state index contributed by atoms with van der Waals surface area (Å²) in [5.41, 5.74) is 0.243. The fourth-order valence-corrected chi connectivity index (χ4v) is 1.22. The van der Waals surface area contributed by atoms with E-state index in [1.807, 2.05) is 0 Å². The minimum absolute atomic E-state index is 0.243. The van der Waals surface area contributed by atoms with Crippen molar-refractivity contribution in [3.05, 3.63) is 29.6 Å². The number of ether oxygens (including phenoxy) is 1. The standard InChI is InChI=1S/C10H13FO2/c1-3-8(12)10-7(11)5-4-6-9(10)13-2/h4-6,8,12H,3H2,1-2H3/t8-/m1/s1. The molecule has 3 heteroatoms. The van der Waals surface area contributed by atoms with Crippen LogP contribution in [0.4, 0.5) is 4.39 Å². The molecular weight excluding hydrogens is 171 g/mol. The van der Waals surface area contributed by atoms with Crippen molar-refractivity contribution in [3.8, 4) is 5.75 Å². The van der Waals surface area contributed by atoms with Crippen LogP contribution < -0.4 is 4.74 Å². The Hall–Kier alpha value is -1.09. The van der Waals surface area contributed by atoms with Crippen molar-refractivity contribution in [3.63, 3.8) is 0 Å². The van der Waals surface area contributed by atoms with Crippen molar-refractivity contribution < 1.29 is 14.2 Å². The Labute approximate surface area is 77.0 Å². The Kier molecular flexibility index (Phi) is 3.25. The van der Waals surface area contributed by atoms with E-state index in [0.29, 0.717) is 12.2 Å². The van der Waals surface area contributed by atoms with Gasteiger partial charge in [0, 0.05) is 0 Å². The van der Waals surface area contributed by atoms with Gasteiger partial charge >= 0.3 is 0 Å². The molecule has 0 aliphatic carbocycles. The first-order chi connectivity index (χ1) is 6.20. The number of methoxy groups -OCH3 is 1. The van der Waals surface area contributed by atoms with E-state index < -0.39 is 11.9 Å². The van der Waals surface area contributed by atoms with Gasteiger partial charge in [-0.05, 0) is 18.6 Å². The van der Waals surface area contributed by atoms with E-state index in [0.717, 1.165) is 0 Å². The third kappa shape index (κ3) is 1.98. The summed E-state index contributed by atoms with van der Waals surface area (Å²) in [4.78, 5) is 0. The molecule has 0 saturated heterocycles. The monoisotopic (exact) mass is 184 g/mol. The zero-order valence-electron chi connectivity index (χ0n) is 7.75. The van der Waals surface area contributed by atoms with Gasteiger partial charge in [-0.15, -0.1) is 0 Å². The predicted molar refractivity (Wildman–Crippen MR) is 48.2 cm³/mol. The Morgan fingerprint density at radius 1 is 1.54 bits per heavy atom. The molecule has 0 radical (unpaired) electrons. The fraction of sp³-hybridized carbons (Fsp3) is 0.400.